The fraction of sp³-hybridized carbons (Fsp3) is 0.455. The van der Waals surface area contributed by atoms with Gasteiger partial charge in [-0.1, -0.05) is 36.4 Å². The number of amides is 1. The highest BCUT2D eigenvalue weighted by Crippen LogP contribution is 2.66. The molecule has 8 heteroatoms. The molecule has 3 aromatic rings. The minimum Gasteiger partial charge on any atom is -0.491 e. The molecule has 2 bridgehead atoms. The number of nitriles is 1. The number of hydrogen-bond acceptors (Lipinski definition) is 7. The number of aliphatic hydroxyl groups is 1. The van der Waals surface area contributed by atoms with Crippen LogP contribution in [0.25, 0.3) is 10.8 Å². The Kier molecular flexibility index (Phi) is 6.06. The van der Waals surface area contributed by atoms with Gasteiger partial charge in [0.05, 0.1) is 65.9 Å². The van der Waals surface area contributed by atoms with Crippen molar-refractivity contribution >= 4 is 28.1 Å². The highest BCUT2D eigenvalue weighted by molar-refractivity contribution is 6.08. The van der Waals surface area contributed by atoms with Gasteiger partial charge in [-0.25, -0.2) is 0 Å². The van der Waals surface area contributed by atoms with E-state index in [2.05, 4.69) is 17.0 Å². The Morgan fingerprint density at radius 3 is 2.51 bits per heavy atom. The Balaban J connectivity index is 1.19. The van der Waals surface area contributed by atoms with Gasteiger partial charge in [-0.2, -0.15) is 5.26 Å². The van der Waals surface area contributed by atoms with Crippen molar-refractivity contribution in [2.75, 3.05) is 42.7 Å². The normalized spacial score (nSPS) is 32.4. The second kappa shape index (κ2) is 9.45. The summed E-state index contributed by atoms with van der Waals surface area (Å²) >= 11 is 0. The van der Waals surface area contributed by atoms with Crippen molar-refractivity contribution in [2.45, 2.75) is 50.0 Å². The quantitative estimate of drug-likeness (QED) is 0.476. The van der Waals surface area contributed by atoms with E-state index in [1.54, 1.807) is 24.0 Å². The van der Waals surface area contributed by atoms with Gasteiger partial charge >= 0.3 is 0 Å². The molecule has 3 aromatic carbocycles. The summed E-state index contributed by atoms with van der Waals surface area (Å²) < 4.78 is 18.7. The average molecular weight is 554 g/mol. The van der Waals surface area contributed by atoms with Crippen molar-refractivity contribution in [1.29, 1.82) is 5.26 Å². The standard InChI is InChI=1S/C33H35N3O5/c1-31-13-14-33(41-31,15-18-40-27-10-6-5-9-26(27)35-16-19-39-20-17-35)29-28(31)30(37)36(32(29,2)38)25-12-11-22(21-34)23-7-3-4-8-24(23)25/h3-12,28-29,38H,13-20H2,1-2H3/t28-,29+,31-,32?,33-/m0/s1. The zero-order valence-electron chi connectivity index (χ0n) is 23.5. The van der Waals surface area contributed by atoms with Gasteiger partial charge < -0.3 is 24.2 Å². The predicted molar refractivity (Wildman–Crippen MR) is 155 cm³/mol. The van der Waals surface area contributed by atoms with Crippen LogP contribution in [0.1, 0.15) is 38.7 Å². The maximum atomic E-state index is 14.2. The minimum absolute atomic E-state index is 0.127. The predicted octanol–water partition coefficient (Wildman–Crippen LogP) is 4.63. The van der Waals surface area contributed by atoms with E-state index in [0.717, 1.165) is 48.1 Å². The molecule has 0 radical (unpaired) electrons. The number of ether oxygens (including phenoxy) is 3. The Morgan fingerprint density at radius 1 is 1.00 bits per heavy atom. The zero-order valence-corrected chi connectivity index (χ0v) is 23.5. The summed E-state index contributed by atoms with van der Waals surface area (Å²) in [6, 6.07) is 21.4. The molecule has 4 fully saturated rings. The lowest BCUT2D eigenvalue weighted by atomic mass is 9.64. The lowest BCUT2D eigenvalue weighted by Crippen LogP contribution is -2.54. The van der Waals surface area contributed by atoms with Gasteiger partial charge in [0, 0.05) is 30.3 Å². The van der Waals surface area contributed by atoms with Crippen molar-refractivity contribution in [1.82, 2.24) is 0 Å². The van der Waals surface area contributed by atoms with Crippen molar-refractivity contribution < 1.29 is 24.1 Å². The molecule has 4 heterocycles. The Bertz CT molecular complexity index is 1560. The van der Waals surface area contributed by atoms with Crippen LogP contribution in [0.4, 0.5) is 11.4 Å². The van der Waals surface area contributed by atoms with Crippen LogP contribution < -0.4 is 14.5 Å². The summed E-state index contributed by atoms with van der Waals surface area (Å²) in [6.07, 6.45) is 2.07. The van der Waals surface area contributed by atoms with Gasteiger partial charge in [-0.3, -0.25) is 9.69 Å². The third-order valence-electron chi connectivity index (χ3n) is 9.83. The monoisotopic (exact) mass is 553 g/mol. The van der Waals surface area contributed by atoms with Gasteiger partial charge in [0.15, 0.2) is 0 Å². The number of carbonyl (C=O) groups excluding carboxylic acids is 1. The van der Waals surface area contributed by atoms with E-state index in [1.165, 1.54) is 0 Å². The number of rotatable bonds is 6. The highest BCUT2D eigenvalue weighted by atomic mass is 16.5. The van der Waals surface area contributed by atoms with E-state index in [-0.39, 0.29) is 5.91 Å². The molecule has 8 nitrogen and oxygen atoms in total. The number of morpholine rings is 1. The van der Waals surface area contributed by atoms with Gasteiger partial charge in [0.25, 0.3) is 0 Å². The van der Waals surface area contributed by atoms with Crippen LogP contribution in [0, 0.1) is 23.2 Å². The number of para-hydroxylation sites is 2. The number of benzene rings is 3. The van der Waals surface area contributed by atoms with Crippen LogP contribution in [0.3, 0.4) is 0 Å². The van der Waals surface area contributed by atoms with Gasteiger partial charge in [0.1, 0.15) is 11.5 Å². The molecular weight excluding hydrogens is 518 g/mol. The van der Waals surface area contributed by atoms with E-state index < -0.39 is 28.8 Å². The lowest BCUT2D eigenvalue weighted by molar-refractivity contribution is -0.129. The number of nitrogens with zero attached hydrogens (tertiary/aromatic N) is 3. The maximum absolute atomic E-state index is 14.2. The largest absolute Gasteiger partial charge is 0.491 e. The molecule has 7 rings (SSSR count). The molecule has 212 valence electrons. The van der Waals surface area contributed by atoms with Crippen molar-refractivity contribution in [3.63, 3.8) is 0 Å². The fourth-order valence-electron chi connectivity index (χ4n) is 8.09. The van der Waals surface area contributed by atoms with Crippen LogP contribution >= 0.6 is 0 Å². The van der Waals surface area contributed by atoms with Gasteiger partial charge in [0.2, 0.25) is 5.91 Å². The fourth-order valence-corrected chi connectivity index (χ4v) is 8.09. The molecule has 0 spiro atoms. The Morgan fingerprint density at radius 2 is 1.73 bits per heavy atom. The number of fused-ring (bicyclic) bond motifs is 6. The molecule has 5 atom stereocenters. The van der Waals surface area contributed by atoms with Crippen molar-refractivity contribution in [2.24, 2.45) is 11.8 Å². The third-order valence-corrected chi connectivity index (χ3v) is 9.83. The first-order chi connectivity index (χ1) is 19.8. The average Bonchev–Trinajstić information content (AvgIpc) is 3.55. The zero-order chi connectivity index (χ0) is 28.4. The molecule has 4 aliphatic rings. The van der Waals surface area contributed by atoms with Gasteiger partial charge in [-0.05, 0) is 51.0 Å². The Labute approximate surface area is 240 Å². The summed E-state index contributed by atoms with van der Waals surface area (Å²) in [5, 5.41) is 23.5. The molecule has 1 amide bonds. The van der Waals surface area contributed by atoms with E-state index in [1.807, 2.05) is 49.4 Å². The molecule has 1 N–H and O–H groups in total. The molecule has 4 aliphatic heterocycles. The molecular formula is C33H35N3O5. The first-order valence-electron chi connectivity index (χ1n) is 14.5. The molecule has 0 saturated carbocycles. The second-order valence-corrected chi connectivity index (χ2v) is 12.2. The van der Waals surface area contributed by atoms with Crippen LogP contribution in [-0.4, -0.2) is 60.9 Å². The van der Waals surface area contributed by atoms with E-state index in [9.17, 15) is 15.2 Å². The first-order valence-corrected chi connectivity index (χ1v) is 14.5. The maximum Gasteiger partial charge on any atom is 0.235 e. The molecule has 4 saturated heterocycles. The smallest absolute Gasteiger partial charge is 0.235 e. The van der Waals surface area contributed by atoms with Crippen LogP contribution in [0.15, 0.2) is 60.7 Å². The number of hydrogen-bond donors (Lipinski definition) is 1. The highest BCUT2D eigenvalue weighted by Gasteiger charge is 2.76. The second-order valence-electron chi connectivity index (χ2n) is 12.2. The third kappa shape index (κ3) is 3.87. The number of carbonyl (C=O) groups is 1. The minimum atomic E-state index is -1.48. The topological polar surface area (TPSA) is 95.3 Å². The molecule has 0 aromatic heterocycles. The SMILES string of the molecule is CC1(O)[C@H]2[C@@H](C(=O)N1c1ccc(C#N)c3ccccc13)[C@]1(C)CC[C@@]2(CCOc2ccccc2N2CCOCC2)O1. The summed E-state index contributed by atoms with van der Waals surface area (Å²) in [4.78, 5) is 18.1. The van der Waals surface area contributed by atoms with Crippen molar-refractivity contribution in [3.8, 4) is 11.8 Å². The first kappa shape index (κ1) is 26.3. The van der Waals surface area contributed by atoms with E-state index in [4.69, 9.17) is 14.2 Å². The van der Waals surface area contributed by atoms with Crippen LogP contribution in [0.2, 0.25) is 0 Å². The van der Waals surface area contributed by atoms with Crippen LogP contribution in [0.5, 0.6) is 5.75 Å². The summed E-state index contributed by atoms with van der Waals surface area (Å²) in [5.74, 6) is -0.200. The van der Waals surface area contributed by atoms with Gasteiger partial charge in [-0.15, -0.1) is 0 Å². The van der Waals surface area contributed by atoms with E-state index >= 15 is 0 Å². The Hall–Kier alpha value is -3.64. The van der Waals surface area contributed by atoms with Crippen molar-refractivity contribution in [3.05, 3.63) is 66.2 Å². The summed E-state index contributed by atoms with van der Waals surface area (Å²) in [5.41, 5.74) is -0.618. The lowest BCUT2D eigenvalue weighted by Gasteiger charge is -2.42. The number of anilines is 2. The summed E-state index contributed by atoms with van der Waals surface area (Å²) in [7, 11) is 0. The summed E-state index contributed by atoms with van der Waals surface area (Å²) in [6.45, 7) is 7.20. The van der Waals surface area contributed by atoms with E-state index in [0.29, 0.717) is 37.5 Å². The molecule has 1 unspecified atom stereocenters. The van der Waals surface area contributed by atoms with Crippen LogP contribution in [-0.2, 0) is 14.3 Å². The molecule has 0 aliphatic carbocycles. The molecule has 41 heavy (non-hydrogen) atoms.